The number of ether oxygens (including phenoxy) is 2. The number of hydrogen-bond donors (Lipinski definition) is 0. The van der Waals surface area contributed by atoms with Gasteiger partial charge in [-0.05, 0) is 38.1 Å². The van der Waals surface area contributed by atoms with Crippen LogP contribution < -0.4 is 9.47 Å². The predicted molar refractivity (Wildman–Crippen MR) is 121 cm³/mol. The molecular formula is C22H26N2O7S2. The van der Waals surface area contributed by atoms with E-state index in [0.717, 1.165) is 0 Å². The number of amides is 1. The Bertz CT molecular complexity index is 1270. The number of carbonyl (C=O) groups is 1. The summed E-state index contributed by atoms with van der Waals surface area (Å²) >= 11 is 0. The molecule has 11 heteroatoms. The highest BCUT2D eigenvalue weighted by molar-refractivity contribution is 7.92. The van der Waals surface area contributed by atoms with Crippen LogP contribution in [0.5, 0.6) is 11.5 Å². The van der Waals surface area contributed by atoms with Crippen molar-refractivity contribution in [3.8, 4) is 11.5 Å². The molecular weight excluding hydrogens is 468 g/mol. The fourth-order valence-electron chi connectivity index (χ4n) is 3.78. The van der Waals surface area contributed by atoms with Gasteiger partial charge in [0, 0.05) is 32.2 Å². The summed E-state index contributed by atoms with van der Waals surface area (Å²) in [6.07, 6.45) is 0. The van der Waals surface area contributed by atoms with Gasteiger partial charge in [0.25, 0.3) is 5.91 Å². The molecule has 178 valence electrons. The van der Waals surface area contributed by atoms with Gasteiger partial charge in [0.2, 0.25) is 10.0 Å². The predicted octanol–water partition coefficient (Wildman–Crippen LogP) is 1.79. The molecule has 1 fully saturated rings. The summed E-state index contributed by atoms with van der Waals surface area (Å²) in [5.74, 6) is 0.468. The van der Waals surface area contributed by atoms with Crippen molar-refractivity contribution < 1.29 is 31.1 Å². The van der Waals surface area contributed by atoms with Gasteiger partial charge in [-0.25, -0.2) is 16.8 Å². The van der Waals surface area contributed by atoms with Crippen LogP contribution >= 0.6 is 0 Å². The summed E-state index contributed by atoms with van der Waals surface area (Å²) in [6.45, 7) is 4.40. The lowest BCUT2D eigenvalue weighted by Gasteiger charge is -2.34. The molecule has 33 heavy (non-hydrogen) atoms. The third-order valence-corrected chi connectivity index (χ3v) is 9.83. The zero-order chi connectivity index (χ0) is 23.8. The molecule has 9 nitrogen and oxygen atoms in total. The van der Waals surface area contributed by atoms with Crippen LogP contribution in [0.1, 0.15) is 24.2 Å². The molecule has 2 heterocycles. The quantitative estimate of drug-likeness (QED) is 0.623. The molecule has 2 aliphatic heterocycles. The summed E-state index contributed by atoms with van der Waals surface area (Å²) < 4.78 is 63.9. The number of sulfone groups is 1. The standard InChI is InChI=1S/C22H26N2O7S2/c1-16(2)32(26,27)21-6-4-3-5-18(21)22(25)23-9-11-24(12-10-23)33(28,29)17-7-8-19-20(15-17)31-14-13-30-19/h3-8,15-16H,9-14H2,1-2H3. The van der Waals surface area contributed by atoms with E-state index in [-0.39, 0.29) is 41.5 Å². The molecule has 2 aliphatic rings. The molecule has 0 saturated carbocycles. The molecule has 0 bridgehead atoms. The average Bonchev–Trinajstić information content (AvgIpc) is 2.83. The summed E-state index contributed by atoms with van der Waals surface area (Å²) in [5.41, 5.74) is 0.106. The van der Waals surface area contributed by atoms with Gasteiger partial charge in [0.15, 0.2) is 21.3 Å². The molecule has 1 saturated heterocycles. The smallest absolute Gasteiger partial charge is 0.255 e. The highest BCUT2D eigenvalue weighted by Crippen LogP contribution is 2.33. The van der Waals surface area contributed by atoms with Crippen molar-refractivity contribution in [2.75, 3.05) is 39.4 Å². The maximum Gasteiger partial charge on any atom is 0.255 e. The van der Waals surface area contributed by atoms with E-state index in [0.29, 0.717) is 24.7 Å². The summed E-state index contributed by atoms with van der Waals surface area (Å²) in [7, 11) is -7.43. The highest BCUT2D eigenvalue weighted by atomic mass is 32.2. The Morgan fingerprint density at radius 3 is 2.18 bits per heavy atom. The first-order chi connectivity index (χ1) is 15.6. The fourth-order valence-corrected chi connectivity index (χ4v) is 6.46. The Morgan fingerprint density at radius 1 is 0.879 bits per heavy atom. The van der Waals surface area contributed by atoms with Crippen LogP contribution in [0.25, 0.3) is 0 Å². The SMILES string of the molecule is CC(C)S(=O)(=O)c1ccccc1C(=O)N1CCN(S(=O)(=O)c2ccc3c(c2)OCCO3)CC1. The summed E-state index contributed by atoms with van der Waals surface area (Å²) in [5, 5.41) is -0.667. The van der Waals surface area contributed by atoms with Crippen molar-refractivity contribution >= 4 is 25.8 Å². The molecule has 0 spiro atoms. The van der Waals surface area contributed by atoms with Crippen LogP contribution in [0.2, 0.25) is 0 Å². The van der Waals surface area contributed by atoms with Crippen LogP contribution in [0, 0.1) is 0 Å². The summed E-state index contributed by atoms with van der Waals surface area (Å²) in [6, 6.07) is 10.6. The third-order valence-electron chi connectivity index (χ3n) is 5.72. The van der Waals surface area contributed by atoms with E-state index in [1.807, 2.05) is 0 Å². The molecule has 0 radical (unpaired) electrons. The van der Waals surface area contributed by atoms with Gasteiger partial charge < -0.3 is 14.4 Å². The average molecular weight is 495 g/mol. The zero-order valence-corrected chi connectivity index (χ0v) is 20.1. The van der Waals surface area contributed by atoms with Crippen molar-refractivity contribution in [2.45, 2.75) is 28.9 Å². The van der Waals surface area contributed by atoms with Crippen LogP contribution in [0.15, 0.2) is 52.3 Å². The van der Waals surface area contributed by atoms with Crippen molar-refractivity contribution in [1.82, 2.24) is 9.21 Å². The molecule has 0 unspecified atom stereocenters. The van der Waals surface area contributed by atoms with Crippen LogP contribution in [0.3, 0.4) is 0 Å². The fraction of sp³-hybridized carbons (Fsp3) is 0.409. The molecule has 0 aliphatic carbocycles. The Hall–Kier alpha value is -2.63. The van der Waals surface area contributed by atoms with E-state index in [4.69, 9.17) is 9.47 Å². The summed E-state index contributed by atoms with van der Waals surface area (Å²) in [4.78, 5) is 14.7. The lowest BCUT2D eigenvalue weighted by Crippen LogP contribution is -2.50. The van der Waals surface area contributed by atoms with Gasteiger partial charge in [0.1, 0.15) is 13.2 Å². The normalized spacial score (nSPS) is 17.2. The number of rotatable bonds is 5. The first-order valence-electron chi connectivity index (χ1n) is 10.6. The van der Waals surface area contributed by atoms with Gasteiger partial charge in [-0.15, -0.1) is 0 Å². The minimum Gasteiger partial charge on any atom is -0.486 e. The largest absolute Gasteiger partial charge is 0.486 e. The van der Waals surface area contributed by atoms with Crippen LogP contribution in [-0.2, 0) is 19.9 Å². The van der Waals surface area contributed by atoms with Gasteiger partial charge in [-0.3, -0.25) is 4.79 Å². The van der Waals surface area contributed by atoms with Crippen molar-refractivity contribution in [3.05, 3.63) is 48.0 Å². The van der Waals surface area contributed by atoms with Crippen LogP contribution in [0.4, 0.5) is 0 Å². The van der Waals surface area contributed by atoms with Gasteiger partial charge in [-0.2, -0.15) is 4.31 Å². The molecule has 1 amide bonds. The van der Waals surface area contributed by atoms with E-state index in [1.54, 1.807) is 32.0 Å². The van der Waals surface area contributed by atoms with Crippen molar-refractivity contribution in [2.24, 2.45) is 0 Å². The van der Waals surface area contributed by atoms with Gasteiger partial charge in [-0.1, -0.05) is 12.1 Å². The zero-order valence-electron chi connectivity index (χ0n) is 18.4. The first kappa shape index (κ1) is 23.5. The van der Waals surface area contributed by atoms with E-state index in [1.165, 1.54) is 33.5 Å². The molecule has 2 aromatic carbocycles. The van der Waals surface area contributed by atoms with Crippen LogP contribution in [-0.4, -0.2) is 76.6 Å². The number of fused-ring (bicyclic) bond motifs is 1. The molecule has 2 aromatic rings. The number of benzene rings is 2. The number of piperazine rings is 1. The number of hydrogen-bond acceptors (Lipinski definition) is 7. The highest BCUT2D eigenvalue weighted by Gasteiger charge is 2.33. The lowest BCUT2D eigenvalue weighted by atomic mass is 10.2. The Labute approximate surface area is 193 Å². The number of nitrogens with zero attached hydrogens (tertiary/aromatic N) is 2. The van der Waals surface area contributed by atoms with E-state index in [2.05, 4.69) is 0 Å². The van der Waals surface area contributed by atoms with Crippen molar-refractivity contribution in [1.29, 1.82) is 0 Å². The molecule has 4 rings (SSSR count). The monoisotopic (exact) mass is 494 g/mol. The van der Waals surface area contributed by atoms with Gasteiger partial charge >= 0.3 is 0 Å². The third kappa shape index (κ3) is 4.44. The Balaban J connectivity index is 1.50. The number of sulfonamides is 1. The minimum absolute atomic E-state index is 0.00340. The second-order valence-corrected chi connectivity index (χ2v) is 12.5. The molecule has 0 atom stereocenters. The molecule has 0 aromatic heterocycles. The maximum atomic E-state index is 13.1. The second kappa shape index (κ2) is 8.96. The Morgan fingerprint density at radius 2 is 1.52 bits per heavy atom. The molecule has 0 N–H and O–H groups in total. The topological polar surface area (TPSA) is 110 Å². The second-order valence-electron chi connectivity index (χ2n) is 8.09. The Kier molecular flexibility index (Phi) is 6.39. The number of carbonyl (C=O) groups excluding carboxylic acids is 1. The van der Waals surface area contributed by atoms with E-state index in [9.17, 15) is 21.6 Å². The first-order valence-corrected chi connectivity index (χ1v) is 13.6. The van der Waals surface area contributed by atoms with E-state index < -0.39 is 31.0 Å². The maximum absolute atomic E-state index is 13.1. The lowest BCUT2D eigenvalue weighted by molar-refractivity contribution is 0.0694. The van der Waals surface area contributed by atoms with Gasteiger partial charge in [0.05, 0.1) is 20.6 Å². The van der Waals surface area contributed by atoms with E-state index >= 15 is 0 Å². The van der Waals surface area contributed by atoms with Crippen molar-refractivity contribution in [3.63, 3.8) is 0 Å². The minimum atomic E-state index is -3.79.